The van der Waals surface area contributed by atoms with Crippen LogP contribution in [0.4, 0.5) is 0 Å². The second kappa shape index (κ2) is 8.33. The van der Waals surface area contributed by atoms with Crippen molar-refractivity contribution in [3.05, 3.63) is 0 Å². The molecule has 0 atom stereocenters. The quantitative estimate of drug-likeness (QED) is 0.457. The van der Waals surface area contributed by atoms with Crippen molar-refractivity contribution in [3.63, 3.8) is 0 Å². The lowest BCUT2D eigenvalue weighted by molar-refractivity contribution is -0.0984. The molecule has 0 aromatic rings. The predicted octanol–water partition coefficient (Wildman–Crippen LogP) is 0.558. The highest BCUT2D eigenvalue weighted by Crippen LogP contribution is 1.89. The van der Waals surface area contributed by atoms with Gasteiger partial charge in [-0.2, -0.15) is 11.8 Å². The van der Waals surface area contributed by atoms with Gasteiger partial charge in [0.2, 0.25) is 0 Å². The van der Waals surface area contributed by atoms with E-state index in [0.29, 0.717) is 0 Å². The Labute approximate surface area is 72.8 Å². The molecule has 0 radical (unpaired) electrons. The molecule has 0 aliphatic carbocycles. The topological polar surface area (TPSA) is 30.5 Å². The SMILES string of the molecule is COC(CNCCSC)OC. The second-order valence-corrected chi connectivity index (χ2v) is 3.08. The molecular weight excluding hydrogens is 162 g/mol. The van der Waals surface area contributed by atoms with E-state index >= 15 is 0 Å². The van der Waals surface area contributed by atoms with Crippen LogP contribution in [-0.2, 0) is 9.47 Å². The maximum Gasteiger partial charge on any atom is 0.169 e. The van der Waals surface area contributed by atoms with E-state index in [1.54, 1.807) is 14.2 Å². The van der Waals surface area contributed by atoms with Crippen molar-refractivity contribution in [2.24, 2.45) is 0 Å². The molecule has 0 aromatic heterocycles. The lowest BCUT2D eigenvalue weighted by atomic mass is 10.6. The van der Waals surface area contributed by atoms with E-state index in [4.69, 9.17) is 9.47 Å². The van der Waals surface area contributed by atoms with Gasteiger partial charge in [-0.25, -0.2) is 0 Å². The molecule has 0 aliphatic rings. The molecule has 0 saturated heterocycles. The third-order valence-electron chi connectivity index (χ3n) is 1.32. The highest BCUT2D eigenvalue weighted by Gasteiger charge is 2.01. The first-order valence-corrected chi connectivity index (χ1v) is 4.99. The molecule has 0 spiro atoms. The van der Waals surface area contributed by atoms with E-state index in [2.05, 4.69) is 11.6 Å². The molecule has 11 heavy (non-hydrogen) atoms. The van der Waals surface area contributed by atoms with Crippen molar-refractivity contribution in [3.8, 4) is 0 Å². The second-order valence-electron chi connectivity index (χ2n) is 2.10. The standard InChI is InChI=1S/C7H17NO2S/c1-9-7(10-2)6-8-4-5-11-3/h7-8H,4-6H2,1-3H3. The Hall–Kier alpha value is 0.230. The van der Waals surface area contributed by atoms with Gasteiger partial charge in [-0.05, 0) is 6.26 Å². The van der Waals surface area contributed by atoms with E-state index in [1.165, 1.54) is 0 Å². The van der Waals surface area contributed by atoms with Crippen LogP contribution in [0.25, 0.3) is 0 Å². The summed E-state index contributed by atoms with van der Waals surface area (Å²) in [5.74, 6) is 1.13. The van der Waals surface area contributed by atoms with Crippen LogP contribution in [0.2, 0.25) is 0 Å². The first kappa shape index (κ1) is 11.2. The van der Waals surface area contributed by atoms with Crippen molar-refractivity contribution >= 4 is 11.8 Å². The average molecular weight is 179 g/mol. The number of ether oxygens (including phenoxy) is 2. The van der Waals surface area contributed by atoms with Crippen molar-refractivity contribution in [2.75, 3.05) is 39.3 Å². The maximum absolute atomic E-state index is 4.99. The monoisotopic (exact) mass is 179 g/mol. The van der Waals surface area contributed by atoms with Gasteiger partial charge in [0, 0.05) is 33.1 Å². The van der Waals surface area contributed by atoms with Crippen LogP contribution in [0.15, 0.2) is 0 Å². The Morgan fingerprint density at radius 2 is 2.00 bits per heavy atom. The van der Waals surface area contributed by atoms with Crippen LogP contribution in [0, 0.1) is 0 Å². The summed E-state index contributed by atoms with van der Waals surface area (Å²) in [6.07, 6.45) is 1.98. The van der Waals surface area contributed by atoms with E-state index in [1.807, 2.05) is 11.8 Å². The van der Waals surface area contributed by atoms with Gasteiger partial charge in [0.05, 0.1) is 0 Å². The van der Waals surface area contributed by atoms with Gasteiger partial charge < -0.3 is 14.8 Å². The van der Waals surface area contributed by atoms with Crippen LogP contribution in [-0.4, -0.2) is 45.6 Å². The Balaban J connectivity index is 3.07. The largest absolute Gasteiger partial charge is 0.355 e. The zero-order valence-corrected chi connectivity index (χ0v) is 8.24. The molecule has 68 valence electrons. The van der Waals surface area contributed by atoms with E-state index in [0.717, 1.165) is 18.8 Å². The van der Waals surface area contributed by atoms with Crippen molar-refractivity contribution in [2.45, 2.75) is 6.29 Å². The zero-order chi connectivity index (χ0) is 8.53. The van der Waals surface area contributed by atoms with Crippen LogP contribution in [0.5, 0.6) is 0 Å². The van der Waals surface area contributed by atoms with Gasteiger partial charge in [-0.1, -0.05) is 0 Å². The summed E-state index contributed by atoms with van der Waals surface area (Å²) in [5.41, 5.74) is 0. The molecule has 1 N–H and O–H groups in total. The highest BCUT2D eigenvalue weighted by molar-refractivity contribution is 7.98. The molecule has 0 bridgehead atoms. The molecule has 0 aromatic carbocycles. The van der Waals surface area contributed by atoms with Gasteiger partial charge >= 0.3 is 0 Å². The van der Waals surface area contributed by atoms with Crippen LogP contribution < -0.4 is 5.32 Å². The van der Waals surface area contributed by atoms with Gasteiger partial charge in [0.1, 0.15) is 0 Å². The summed E-state index contributed by atoms with van der Waals surface area (Å²) in [7, 11) is 3.29. The number of nitrogens with one attached hydrogen (secondary N) is 1. The molecule has 0 rings (SSSR count). The van der Waals surface area contributed by atoms with E-state index < -0.39 is 0 Å². The fourth-order valence-electron chi connectivity index (χ4n) is 0.657. The molecule has 3 nitrogen and oxygen atoms in total. The van der Waals surface area contributed by atoms with E-state index in [9.17, 15) is 0 Å². The first-order valence-electron chi connectivity index (χ1n) is 3.60. The van der Waals surface area contributed by atoms with Gasteiger partial charge in [0.25, 0.3) is 0 Å². The lowest BCUT2D eigenvalue weighted by Crippen LogP contribution is -2.31. The fourth-order valence-corrected chi connectivity index (χ4v) is 1.01. The minimum Gasteiger partial charge on any atom is -0.355 e. The third kappa shape index (κ3) is 6.62. The minimum atomic E-state index is -0.114. The highest BCUT2D eigenvalue weighted by atomic mass is 32.2. The summed E-state index contributed by atoms with van der Waals surface area (Å²) < 4.78 is 9.98. The number of hydrogen-bond donors (Lipinski definition) is 1. The molecule has 0 saturated carbocycles. The Bertz CT molecular complexity index is 78.8. The van der Waals surface area contributed by atoms with E-state index in [-0.39, 0.29) is 6.29 Å². The smallest absolute Gasteiger partial charge is 0.169 e. The molecule has 0 amide bonds. The van der Waals surface area contributed by atoms with Crippen molar-refractivity contribution in [1.29, 1.82) is 0 Å². The van der Waals surface area contributed by atoms with Crippen LogP contribution >= 0.6 is 11.8 Å². The van der Waals surface area contributed by atoms with Gasteiger partial charge in [0.15, 0.2) is 6.29 Å². The summed E-state index contributed by atoms with van der Waals surface area (Å²) in [6, 6.07) is 0. The number of hydrogen-bond acceptors (Lipinski definition) is 4. The van der Waals surface area contributed by atoms with Gasteiger partial charge in [-0.3, -0.25) is 0 Å². The summed E-state index contributed by atoms with van der Waals surface area (Å²) in [4.78, 5) is 0. The number of thioether (sulfide) groups is 1. The molecule has 0 unspecified atom stereocenters. The summed E-state index contributed by atoms with van der Waals surface area (Å²) in [5, 5.41) is 3.22. The van der Waals surface area contributed by atoms with Crippen LogP contribution in [0.1, 0.15) is 0 Å². The van der Waals surface area contributed by atoms with Crippen molar-refractivity contribution in [1.82, 2.24) is 5.32 Å². The Morgan fingerprint density at radius 1 is 1.36 bits per heavy atom. The van der Waals surface area contributed by atoms with Gasteiger partial charge in [-0.15, -0.1) is 0 Å². The third-order valence-corrected chi connectivity index (χ3v) is 1.93. The average Bonchev–Trinajstić information content (AvgIpc) is 2.05. The Kier molecular flexibility index (Phi) is 8.50. The molecule has 0 heterocycles. The normalized spacial score (nSPS) is 10.9. The first-order chi connectivity index (χ1) is 5.35. The maximum atomic E-state index is 4.99. The Morgan fingerprint density at radius 3 is 2.45 bits per heavy atom. The lowest BCUT2D eigenvalue weighted by Gasteiger charge is -2.13. The summed E-state index contributed by atoms with van der Waals surface area (Å²) in [6.45, 7) is 1.76. The molecule has 0 aliphatic heterocycles. The minimum absolute atomic E-state index is 0.114. The summed E-state index contributed by atoms with van der Waals surface area (Å²) >= 11 is 1.82. The molecule has 4 heteroatoms. The van der Waals surface area contributed by atoms with Crippen molar-refractivity contribution < 1.29 is 9.47 Å². The molecule has 0 fully saturated rings. The zero-order valence-electron chi connectivity index (χ0n) is 7.42. The number of rotatable bonds is 7. The predicted molar refractivity (Wildman–Crippen MR) is 49.1 cm³/mol. The number of methoxy groups -OCH3 is 2. The van der Waals surface area contributed by atoms with Crippen LogP contribution in [0.3, 0.4) is 0 Å². The fraction of sp³-hybridized carbons (Fsp3) is 1.00. The molecular formula is C7H17NO2S.